The van der Waals surface area contributed by atoms with E-state index in [1.807, 2.05) is 41.1 Å². The number of nitrogens with zero attached hydrogens (tertiary/aromatic N) is 6. The molecule has 1 amide bonds. The van der Waals surface area contributed by atoms with Crippen molar-refractivity contribution in [1.82, 2.24) is 29.3 Å². The average molecular weight is 401 g/mol. The molecular weight excluding hydrogens is 378 g/mol. The van der Waals surface area contributed by atoms with Crippen molar-refractivity contribution in [2.75, 3.05) is 25.5 Å². The Kier molecular flexibility index (Phi) is 4.76. The fraction of sp³-hybridized carbons (Fsp3) is 0.273. The summed E-state index contributed by atoms with van der Waals surface area (Å²) >= 11 is 0. The number of benzene rings is 1. The van der Waals surface area contributed by atoms with Gasteiger partial charge in [0.25, 0.3) is 5.91 Å². The number of aromatic nitrogens is 5. The van der Waals surface area contributed by atoms with E-state index >= 15 is 0 Å². The van der Waals surface area contributed by atoms with Crippen LogP contribution in [0.2, 0.25) is 0 Å². The monoisotopic (exact) mass is 401 g/mol. The predicted molar refractivity (Wildman–Crippen MR) is 114 cm³/mol. The summed E-state index contributed by atoms with van der Waals surface area (Å²) in [5, 5.41) is 12.1. The van der Waals surface area contributed by atoms with Crippen molar-refractivity contribution < 1.29 is 4.79 Å². The van der Waals surface area contributed by atoms with Crippen LogP contribution in [0.1, 0.15) is 34.8 Å². The number of carbonyl (C=O) groups is 1. The van der Waals surface area contributed by atoms with Crippen molar-refractivity contribution in [3.8, 4) is 5.69 Å². The second-order valence-corrected chi connectivity index (χ2v) is 7.68. The van der Waals surface area contributed by atoms with Gasteiger partial charge in [0.2, 0.25) is 0 Å². The molecule has 0 aliphatic carbocycles. The van der Waals surface area contributed by atoms with E-state index in [1.54, 1.807) is 29.2 Å². The summed E-state index contributed by atoms with van der Waals surface area (Å²) in [5.41, 5.74) is 2.87. The number of piperidine rings is 1. The Labute approximate surface area is 174 Å². The Morgan fingerprint density at radius 3 is 2.73 bits per heavy atom. The minimum atomic E-state index is -0.254. The van der Waals surface area contributed by atoms with Crippen LogP contribution in [-0.2, 0) is 0 Å². The Morgan fingerprint density at radius 1 is 1.13 bits per heavy atom. The molecule has 0 unspecified atom stereocenters. The largest absolute Gasteiger partial charge is 0.306 e. The highest BCUT2D eigenvalue weighted by Gasteiger charge is 2.24. The molecule has 1 fully saturated rings. The lowest BCUT2D eigenvalue weighted by atomic mass is 9.94. The highest BCUT2D eigenvalue weighted by Crippen LogP contribution is 2.30. The third-order valence-electron chi connectivity index (χ3n) is 5.63. The van der Waals surface area contributed by atoms with Crippen LogP contribution in [0.15, 0.2) is 61.1 Å². The van der Waals surface area contributed by atoms with E-state index in [2.05, 4.69) is 27.3 Å². The zero-order valence-corrected chi connectivity index (χ0v) is 16.8. The van der Waals surface area contributed by atoms with Crippen LogP contribution in [-0.4, -0.2) is 55.3 Å². The Morgan fingerprint density at radius 2 is 1.93 bits per heavy atom. The quantitative estimate of drug-likeness (QED) is 0.569. The second kappa shape index (κ2) is 7.72. The fourth-order valence-corrected chi connectivity index (χ4v) is 3.93. The van der Waals surface area contributed by atoms with Crippen LogP contribution in [0.5, 0.6) is 0 Å². The number of para-hydroxylation sites is 1. The van der Waals surface area contributed by atoms with E-state index in [4.69, 9.17) is 5.10 Å². The highest BCUT2D eigenvalue weighted by molar-refractivity contribution is 6.07. The predicted octanol–water partition coefficient (Wildman–Crippen LogP) is 2.98. The smallest absolute Gasteiger partial charge is 0.262 e. The number of amides is 1. The summed E-state index contributed by atoms with van der Waals surface area (Å²) in [7, 11) is 2.15. The molecule has 152 valence electrons. The van der Waals surface area contributed by atoms with Crippen molar-refractivity contribution in [2.24, 2.45) is 0 Å². The molecule has 0 atom stereocenters. The van der Waals surface area contributed by atoms with Gasteiger partial charge >= 0.3 is 0 Å². The van der Waals surface area contributed by atoms with Crippen LogP contribution in [0.25, 0.3) is 11.3 Å². The van der Waals surface area contributed by atoms with E-state index in [0.717, 1.165) is 37.3 Å². The molecule has 1 aromatic carbocycles. The Hall–Kier alpha value is -3.52. The molecular formula is C22H23N7O. The summed E-state index contributed by atoms with van der Waals surface area (Å²) in [6, 6.07) is 13.6. The van der Waals surface area contributed by atoms with Crippen LogP contribution >= 0.6 is 0 Å². The van der Waals surface area contributed by atoms with Gasteiger partial charge in [0.05, 0.1) is 17.6 Å². The first kappa shape index (κ1) is 18.5. The number of anilines is 1. The minimum Gasteiger partial charge on any atom is -0.306 e. The fourth-order valence-electron chi connectivity index (χ4n) is 3.93. The maximum Gasteiger partial charge on any atom is 0.262 e. The lowest BCUT2D eigenvalue weighted by molar-refractivity contribution is 0.102. The van der Waals surface area contributed by atoms with Gasteiger partial charge in [-0.3, -0.25) is 4.79 Å². The van der Waals surface area contributed by atoms with Gasteiger partial charge < -0.3 is 10.2 Å². The molecule has 4 aromatic rings. The third-order valence-corrected chi connectivity index (χ3v) is 5.63. The summed E-state index contributed by atoms with van der Waals surface area (Å²) < 4.78 is 3.40. The lowest BCUT2D eigenvalue weighted by Crippen LogP contribution is -2.29. The second-order valence-electron chi connectivity index (χ2n) is 7.68. The topological polar surface area (TPSA) is 80.4 Å². The van der Waals surface area contributed by atoms with E-state index in [9.17, 15) is 4.79 Å². The van der Waals surface area contributed by atoms with Gasteiger partial charge in [0.15, 0.2) is 5.65 Å². The maximum absolute atomic E-state index is 13.0. The number of hydrogen-bond acceptors (Lipinski definition) is 5. The molecule has 4 heterocycles. The zero-order chi connectivity index (χ0) is 20.5. The van der Waals surface area contributed by atoms with Gasteiger partial charge in [-0.2, -0.15) is 10.2 Å². The molecule has 0 spiro atoms. The molecule has 1 N–H and O–H groups in total. The Bertz CT molecular complexity index is 1170. The minimum absolute atomic E-state index is 0.254. The van der Waals surface area contributed by atoms with Gasteiger partial charge in [0.1, 0.15) is 11.4 Å². The molecule has 1 aliphatic heterocycles. The SMILES string of the molecule is CN1CCC(c2cc(NC(=O)c3cnn4cccnc34)n(-c3ccccc3)n2)CC1. The van der Waals surface area contributed by atoms with Crippen LogP contribution in [0.3, 0.4) is 0 Å². The van der Waals surface area contributed by atoms with Gasteiger partial charge in [-0.25, -0.2) is 14.2 Å². The van der Waals surface area contributed by atoms with Crippen LogP contribution in [0.4, 0.5) is 5.82 Å². The summed E-state index contributed by atoms with van der Waals surface area (Å²) in [6.45, 7) is 2.11. The van der Waals surface area contributed by atoms with Crippen molar-refractivity contribution >= 4 is 17.4 Å². The van der Waals surface area contributed by atoms with E-state index in [0.29, 0.717) is 22.9 Å². The van der Waals surface area contributed by atoms with E-state index < -0.39 is 0 Å². The number of likely N-dealkylation sites (tertiary alicyclic amines) is 1. The van der Waals surface area contributed by atoms with Crippen LogP contribution in [0, 0.1) is 0 Å². The first-order chi connectivity index (χ1) is 14.7. The maximum atomic E-state index is 13.0. The summed E-state index contributed by atoms with van der Waals surface area (Å²) in [4.78, 5) is 19.7. The first-order valence-electron chi connectivity index (χ1n) is 10.1. The van der Waals surface area contributed by atoms with Gasteiger partial charge in [0, 0.05) is 24.4 Å². The number of nitrogens with one attached hydrogen (secondary N) is 1. The number of carbonyl (C=O) groups excluding carboxylic acids is 1. The Balaban J connectivity index is 1.49. The third kappa shape index (κ3) is 3.46. The van der Waals surface area contributed by atoms with Crippen molar-refractivity contribution in [3.05, 3.63) is 72.3 Å². The van der Waals surface area contributed by atoms with Gasteiger partial charge in [-0.1, -0.05) is 18.2 Å². The summed E-state index contributed by atoms with van der Waals surface area (Å²) in [6.07, 6.45) is 7.09. The van der Waals surface area contributed by atoms with Gasteiger partial charge in [-0.15, -0.1) is 0 Å². The average Bonchev–Trinajstić information content (AvgIpc) is 3.39. The molecule has 30 heavy (non-hydrogen) atoms. The molecule has 0 radical (unpaired) electrons. The van der Waals surface area contributed by atoms with Crippen LogP contribution < -0.4 is 5.32 Å². The number of hydrogen-bond donors (Lipinski definition) is 1. The number of fused-ring (bicyclic) bond motifs is 1. The molecule has 0 saturated carbocycles. The van der Waals surface area contributed by atoms with Crippen molar-refractivity contribution in [2.45, 2.75) is 18.8 Å². The molecule has 1 saturated heterocycles. The molecule has 1 aliphatic rings. The van der Waals surface area contributed by atoms with E-state index in [-0.39, 0.29) is 5.91 Å². The molecule has 5 rings (SSSR count). The van der Waals surface area contributed by atoms with Crippen molar-refractivity contribution in [1.29, 1.82) is 0 Å². The molecule has 3 aromatic heterocycles. The molecule has 0 bridgehead atoms. The summed E-state index contributed by atoms with van der Waals surface area (Å²) in [5.74, 6) is 0.784. The van der Waals surface area contributed by atoms with E-state index in [1.165, 1.54) is 0 Å². The first-order valence-corrected chi connectivity index (χ1v) is 10.1. The normalized spacial score (nSPS) is 15.5. The lowest BCUT2D eigenvalue weighted by Gasteiger charge is -2.27. The number of rotatable bonds is 4. The zero-order valence-electron chi connectivity index (χ0n) is 16.8. The molecule has 8 heteroatoms. The highest BCUT2D eigenvalue weighted by atomic mass is 16.1. The van der Waals surface area contributed by atoms with Gasteiger partial charge in [-0.05, 0) is 51.2 Å². The standard InChI is InChI=1S/C22H23N7O/c1-27-12-8-16(9-13-27)19-14-20(29(26-19)17-6-3-2-4-7-17)25-22(30)18-15-24-28-11-5-10-23-21(18)28/h2-7,10-11,14-16H,8-9,12-13H2,1H3,(H,25,30). The van der Waals surface area contributed by atoms with Crippen molar-refractivity contribution in [3.63, 3.8) is 0 Å². The molecule has 8 nitrogen and oxygen atoms in total.